The van der Waals surface area contributed by atoms with Gasteiger partial charge in [0.15, 0.2) is 11.5 Å². The molecule has 1 aromatic carbocycles. The molecule has 0 bridgehead atoms. The van der Waals surface area contributed by atoms with Crippen LogP contribution < -0.4 is 9.47 Å². The minimum atomic E-state index is -0.363. The van der Waals surface area contributed by atoms with Crippen LogP contribution in [0.15, 0.2) is 18.2 Å². The number of benzene rings is 1. The molecule has 148 valence electrons. The summed E-state index contributed by atoms with van der Waals surface area (Å²) < 4.78 is 16.7. The average Bonchev–Trinajstić information content (AvgIpc) is 3.36. The number of carbonyl (C=O) groups is 2. The maximum atomic E-state index is 12.3. The van der Waals surface area contributed by atoms with Gasteiger partial charge in [-0.3, -0.25) is 9.59 Å². The van der Waals surface area contributed by atoms with Crippen molar-refractivity contribution < 1.29 is 23.8 Å². The molecular weight excluding hydrogens is 346 g/mol. The fourth-order valence-corrected chi connectivity index (χ4v) is 4.16. The second-order valence-electron chi connectivity index (χ2n) is 7.32. The summed E-state index contributed by atoms with van der Waals surface area (Å²) in [6.07, 6.45) is 5.13. The number of carbonyl (C=O) groups excluding carboxylic acids is 2. The van der Waals surface area contributed by atoms with Crippen molar-refractivity contribution >= 4 is 11.9 Å². The lowest BCUT2D eigenvalue weighted by molar-refractivity contribution is -0.145. The van der Waals surface area contributed by atoms with E-state index in [4.69, 9.17) is 14.2 Å². The van der Waals surface area contributed by atoms with E-state index in [0.29, 0.717) is 31.0 Å². The second kappa shape index (κ2) is 8.63. The quantitative estimate of drug-likeness (QED) is 0.715. The molecule has 0 radical (unpaired) electrons. The van der Waals surface area contributed by atoms with E-state index in [0.717, 1.165) is 18.4 Å². The Morgan fingerprint density at radius 3 is 2.48 bits per heavy atom. The fourth-order valence-electron chi connectivity index (χ4n) is 4.16. The van der Waals surface area contributed by atoms with E-state index in [1.54, 1.807) is 12.0 Å². The SMILES string of the molecule is CCC(=O)N1C[C@@H](C(=O)OC)[C@H](c2ccc(OC)c(OC3CCCC3)c2)C1. The smallest absolute Gasteiger partial charge is 0.311 e. The van der Waals surface area contributed by atoms with Gasteiger partial charge >= 0.3 is 5.97 Å². The molecule has 1 aromatic rings. The first-order chi connectivity index (χ1) is 13.1. The Kier molecular flexibility index (Phi) is 6.24. The van der Waals surface area contributed by atoms with Gasteiger partial charge in [0, 0.05) is 25.4 Å². The second-order valence-corrected chi connectivity index (χ2v) is 7.32. The largest absolute Gasteiger partial charge is 0.493 e. The van der Waals surface area contributed by atoms with E-state index in [1.807, 2.05) is 25.1 Å². The molecule has 6 nitrogen and oxygen atoms in total. The number of hydrogen-bond donors (Lipinski definition) is 0. The van der Waals surface area contributed by atoms with Crippen LogP contribution in [0.25, 0.3) is 0 Å². The highest BCUT2D eigenvalue weighted by Crippen LogP contribution is 2.39. The van der Waals surface area contributed by atoms with Crippen LogP contribution >= 0.6 is 0 Å². The van der Waals surface area contributed by atoms with Crippen LogP contribution in [-0.4, -0.2) is 50.2 Å². The maximum Gasteiger partial charge on any atom is 0.311 e. The third kappa shape index (κ3) is 4.20. The maximum absolute atomic E-state index is 12.3. The van der Waals surface area contributed by atoms with Gasteiger partial charge in [-0.05, 0) is 43.4 Å². The lowest BCUT2D eigenvalue weighted by atomic mass is 9.89. The van der Waals surface area contributed by atoms with E-state index < -0.39 is 0 Å². The Hall–Kier alpha value is -2.24. The number of nitrogens with zero attached hydrogens (tertiary/aromatic N) is 1. The molecule has 1 aliphatic heterocycles. The standard InChI is InChI=1S/C21H29NO5/c1-4-20(23)22-12-16(17(13-22)21(24)26-3)14-9-10-18(25-2)19(11-14)27-15-7-5-6-8-15/h9-11,15-17H,4-8,12-13H2,1-3H3/t16-,17+/m0/s1. The normalized spacial score (nSPS) is 22.7. The number of esters is 1. The fraction of sp³-hybridized carbons (Fsp3) is 0.619. The minimum Gasteiger partial charge on any atom is -0.493 e. The molecule has 1 aliphatic carbocycles. The van der Waals surface area contributed by atoms with E-state index in [1.165, 1.54) is 20.0 Å². The van der Waals surface area contributed by atoms with Gasteiger partial charge in [0.1, 0.15) is 0 Å². The molecule has 1 saturated carbocycles. The van der Waals surface area contributed by atoms with Crippen LogP contribution in [0, 0.1) is 5.92 Å². The number of ether oxygens (including phenoxy) is 3. The molecule has 1 heterocycles. The van der Waals surface area contributed by atoms with Crippen LogP contribution in [0.1, 0.15) is 50.5 Å². The van der Waals surface area contributed by atoms with E-state index in [9.17, 15) is 9.59 Å². The van der Waals surface area contributed by atoms with Crippen molar-refractivity contribution in [3.05, 3.63) is 23.8 Å². The third-order valence-corrected chi connectivity index (χ3v) is 5.69. The molecule has 0 aromatic heterocycles. The van der Waals surface area contributed by atoms with Gasteiger partial charge in [0.05, 0.1) is 26.2 Å². The molecule has 0 spiro atoms. The molecular formula is C21H29NO5. The molecule has 2 fully saturated rings. The predicted octanol–water partition coefficient (Wildman–Crippen LogP) is 3.14. The zero-order valence-electron chi connectivity index (χ0n) is 16.4. The topological polar surface area (TPSA) is 65.1 Å². The Morgan fingerprint density at radius 1 is 1.11 bits per heavy atom. The summed E-state index contributed by atoms with van der Waals surface area (Å²) in [5.74, 6) is 0.719. The number of likely N-dealkylation sites (tertiary alicyclic amines) is 1. The summed E-state index contributed by atoms with van der Waals surface area (Å²) >= 11 is 0. The van der Waals surface area contributed by atoms with Crippen LogP contribution in [0.2, 0.25) is 0 Å². The van der Waals surface area contributed by atoms with E-state index in [2.05, 4.69) is 0 Å². The van der Waals surface area contributed by atoms with Gasteiger partial charge in [-0.2, -0.15) is 0 Å². The van der Waals surface area contributed by atoms with Crippen molar-refractivity contribution in [2.45, 2.75) is 51.0 Å². The van der Waals surface area contributed by atoms with E-state index in [-0.39, 0.29) is 29.8 Å². The van der Waals surface area contributed by atoms with Crippen molar-refractivity contribution in [1.29, 1.82) is 0 Å². The monoisotopic (exact) mass is 375 g/mol. The van der Waals surface area contributed by atoms with Gasteiger partial charge in [0.25, 0.3) is 0 Å². The summed E-state index contributed by atoms with van der Waals surface area (Å²) in [6.45, 7) is 2.75. The van der Waals surface area contributed by atoms with Crippen molar-refractivity contribution in [3.63, 3.8) is 0 Å². The zero-order chi connectivity index (χ0) is 19.4. The first-order valence-corrected chi connectivity index (χ1v) is 9.77. The van der Waals surface area contributed by atoms with Gasteiger partial charge < -0.3 is 19.1 Å². The third-order valence-electron chi connectivity index (χ3n) is 5.69. The molecule has 0 unspecified atom stereocenters. The first kappa shape index (κ1) is 19.5. The lowest BCUT2D eigenvalue weighted by Crippen LogP contribution is -2.29. The molecule has 27 heavy (non-hydrogen) atoms. The van der Waals surface area contributed by atoms with E-state index >= 15 is 0 Å². The zero-order valence-corrected chi connectivity index (χ0v) is 16.4. The lowest BCUT2D eigenvalue weighted by Gasteiger charge is -2.20. The summed E-state index contributed by atoms with van der Waals surface area (Å²) in [4.78, 5) is 26.3. The number of rotatable bonds is 6. The summed E-state index contributed by atoms with van der Waals surface area (Å²) in [6, 6.07) is 5.82. The highest BCUT2D eigenvalue weighted by molar-refractivity contribution is 5.80. The molecule has 1 saturated heterocycles. The number of hydrogen-bond acceptors (Lipinski definition) is 5. The minimum absolute atomic E-state index is 0.0577. The van der Waals surface area contributed by atoms with Crippen LogP contribution in [0.4, 0.5) is 0 Å². The van der Waals surface area contributed by atoms with Gasteiger partial charge in [-0.1, -0.05) is 13.0 Å². The molecule has 1 amide bonds. The Morgan fingerprint density at radius 2 is 1.85 bits per heavy atom. The van der Waals surface area contributed by atoms with Crippen molar-refractivity contribution in [3.8, 4) is 11.5 Å². The average molecular weight is 375 g/mol. The Bertz CT molecular complexity index is 683. The molecule has 3 rings (SSSR count). The van der Waals surface area contributed by atoms with Crippen LogP contribution in [-0.2, 0) is 14.3 Å². The summed E-state index contributed by atoms with van der Waals surface area (Å²) in [5.41, 5.74) is 0.977. The summed E-state index contributed by atoms with van der Waals surface area (Å²) in [5, 5.41) is 0. The van der Waals surface area contributed by atoms with Gasteiger partial charge in [-0.25, -0.2) is 0 Å². The molecule has 2 atom stereocenters. The van der Waals surface area contributed by atoms with Crippen molar-refractivity contribution in [2.75, 3.05) is 27.3 Å². The van der Waals surface area contributed by atoms with Gasteiger partial charge in [0.2, 0.25) is 5.91 Å². The number of amides is 1. The highest BCUT2D eigenvalue weighted by atomic mass is 16.5. The first-order valence-electron chi connectivity index (χ1n) is 9.77. The van der Waals surface area contributed by atoms with Crippen molar-refractivity contribution in [2.24, 2.45) is 5.92 Å². The molecule has 0 N–H and O–H groups in total. The number of methoxy groups -OCH3 is 2. The predicted molar refractivity (Wildman–Crippen MR) is 101 cm³/mol. The summed E-state index contributed by atoms with van der Waals surface area (Å²) in [7, 11) is 3.03. The molecule has 2 aliphatic rings. The van der Waals surface area contributed by atoms with Crippen molar-refractivity contribution in [1.82, 2.24) is 4.90 Å². The molecule has 6 heteroatoms. The highest BCUT2D eigenvalue weighted by Gasteiger charge is 2.41. The Balaban J connectivity index is 1.87. The Labute approximate surface area is 160 Å². The van der Waals surface area contributed by atoms with Crippen LogP contribution in [0.3, 0.4) is 0 Å². The van der Waals surface area contributed by atoms with Gasteiger partial charge in [-0.15, -0.1) is 0 Å². The van der Waals surface area contributed by atoms with Crippen LogP contribution in [0.5, 0.6) is 11.5 Å².